The van der Waals surface area contributed by atoms with Crippen LogP contribution < -0.4 is 5.32 Å². The Morgan fingerprint density at radius 2 is 2.00 bits per heavy atom. The van der Waals surface area contributed by atoms with Crippen molar-refractivity contribution in [2.24, 2.45) is 5.92 Å². The van der Waals surface area contributed by atoms with Crippen LogP contribution >= 0.6 is 11.3 Å². The lowest BCUT2D eigenvalue weighted by Gasteiger charge is -2.18. The first-order chi connectivity index (χ1) is 9.61. The second-order valence-electron chi connectivity index (χ2n) is 4.79. The molecule has 2 rings (SSSR count). The van der Waals surface area contributed by atoms with Gasteiger partial charge in [-0.1, -0.05) is 44.2 Å². The van der Waals surface area contributed by atoms with Gasteiger partial charge >= 0.3 is 5.97 Å². The van der Waals surface area contributed by atoms with Crippen molar-refractivity contribution < 1.29 is 9.53 Å². The Hall–Kier alpha value is -1.88. The van der Waals surface area contributed by atoms with E-state index in [-0.39, 0.29) is 17.9 Å². The van der Waals surface area contributed by atoms with Crippen molar-refractivity contribution in [3.05, 3.63) is 35.7 Å². The lowest BCUT2D eigenvalue weighted by Crippen LogP contribution is -2.35. The number of thiazole rings is 1. The van der Waals surface area contributed by atoms with Crippen molar-refractivity contribution in [2.75, 3.05) is 12.4 Å². The van der Waals surface area contributed by atoms with Gasteiger partial charge in [-0.2, -0.15) is 0 Å². The fourth-order valence-electron chi connectivity index (χ4n) is 1.84. The third-order valence-electron chi connectivity index (χ3n) is 2.97. The summed E-state index contributed by atoms with van der Waals surface area (Å²) >= 11 is 1.49. The van der Waals surface area contributed by atoms with Crippen LogP contribution in [0.15, 0.2) is 35.7 Å². The van der Waals surface area contributed by atoms with Crippen molar-refractivity contribution in [2.45, 2.75) is 19.9 Å². The SMILES string of the molecule is COC(=O)C(Nc1nc(-c2ccccc2)cs1)C(C)C. The number of aromatic nitrogens is 1. The molecule has 1 heterocycles. The molecule has 0 saturated heterocycles. The smallest absolute Gasteiger partial charge is 0.328 e. The summed E-state index contributed by atoms with van der Waals surface area (Å²) in [5.74, 6) is -0.136. The van der Waals surface area contributed by atoms with Crippen molar-refractivity contribution in [1.82, 2.24) is 4.98 Å². The average Bonchev–Trinajstić information content (AvgIpc) is 2.93. The number of rotatable bonds is 5. The lowest BCUT2D eigenvalue weighted by atomic mass is 10.1. The summed E-state index contributed by atoms with van der Waals surface area (Å²) in [6, 6.07) is 9.58. The summed E-state index contributed by atoms with van der Waals surface area (Å²) in [4.78, 5) is 16.2. The number of benzene rings is 1. The van der Waals surface area contributed by atoms with Crippen LogP contribution in [0.1, 0.15) is 13.8 Å². The summed E-state index contributed by atoms with van der Waals surface area (Å²) in [7, 11) is 1.40. The topological polar surface area (TPSA) is 51.2 Å². The van der Waals surface area contributed by atoms with Crippen LogP contribution in [0, 0.1) is 5.92 Å². The number of hydrogen-bond acceptors (Lipinski definition) is 5. The molecule has 2 aromatic rings. The van der Waals surface area contributed by atoms with E-state index >= 15 is 0 Å². The maximum atomic E-state index is 11.7. The fourth-order valence-corrected chi connectivity index (χ4v) is 2.60. The molecule has 0 radical (unpaired) electrons. The van der Waals surface area contributed by atoms with Crippen LogP contribution in [-0.2, 0) is 9.53 Å². The molecule has 0 aliphatic rings. The molecule has 1 N–H and O–H groups in total. The van der Waals surface area contributed by atoms with Crippen molar-refractivity contribution in [1.29, 1.82) is 0 Å². The molecule has 0 amide bonds. The second kappa shape index (κ2) is 6.52. The number of carbonyl (C=O) groups is 1. The normalized spacial score (nSPS) is 12.2. The molecule has 106 valence electrons. The molecular formula is C15H18N2O2S. The van der Waals surface area contributed by atoms with E-state index in [0.29, 0.717) is 0 Å². The van der Waals surface area contributed by atoms with E-state index in [1.54, 1.807) is 0 Å². The first kappa shape index (κ1) is 14.5. The number of esters is 1. The van der Waals surface area contributed by atoms with Gasteiger partial charge in [0.15, 0.2) is 5.13 Å². The van der Waals surface area contributed by atoms with Crippen molar-refractivity contribution in [3.8, 4) is 11.3 Å². The quantitative estimate of drug-likeness (QED) is 0.857. The second-order valence-corrected chi connectivity index (χ2v) is 5.65. The molecular weight excluding hydrogens is 272 g/mol. The number of carbonyl (C=O) groups excluding carboxylic acids is 1. The van der Waals surface area contributed by atoms with E-state index in [4.69, 9.17) is 4.74 Å². The highest BCUT2D eigenvalue weighted by Crippen LogP contribution is 2.25. The first-order valence-electron chi connectivity index (χ1n) is 6.47. The van der Waals surface area contributed by atoms with Gasteiger partial charge in [0.05, 0.1) is 12.8 Å². The number of hydrogen-bond donors (Lipinski definition) is 1. The minimum Gasteiger partial charge on any atom is -0.467 e. The molecule has 0 saturated carbocycles. The molecule has 1 unspecified atom stereocenters. The van der Waals surface area contributed by atoms with Crippen LogP contribution in [-0.4, -0.2) is 24.1 Å². The molecule has 0 aliphatic heterocycles. The zero-order valence-electron chi connectivity index (χ0n) is 11.8. The molecule has 1 aromatic carbocycles. The van der Waals surface area contributed by atoms with E-state index in [2.05, 4.69) is 10.3 Å². The highest BCUT2D eigenvalue weighted by Gasteiger charge is 2.23. The molecule has 5 heteroatoms. The third-order valence-corrected chi connectivity index (χ3v) is 3.75. The van der Waals surface area contributed by atoms with E-state index in [0.717, 1.165) is 16.4 Å². The fraction of sp³-hybridized carbons (Fsp3) is 0.333. The highest BCUT2D eigenvalue weighted by molar-refractivity contribution is 7.14. The average molecular weight is 290 g/mol. The number of methoxy groups -OCH3 is 1. The Morgan fingerprint density at radius 3 is 2.60 bits per heavy atom. The zero-order valence-corrected chi connectivity index (χ0v) is 12.6. The van der Waals surface area contributed by atoms with Gasteiger partial charge in [-0.25, -0.2) is 9.78 Å². The van der Waals surface area contributed by atoms with E-state index in [1.165, 1.54) is 18.4 Å². The predicted molar refractivity (Wildman–Crippen MR) is 81.8 cm³/mol. The predicted octanol–water partition coefficient (Wildman–Crippen LogP) is 3.42. The Balaban J connectivity index is 2.15. The summed E-state index contributed by atoms with van der Waals surface area (Å²) < 4.78 is 4.81. The molecule has 1 atom stereocenters. The van der Waals surface area contributed by atoms with E-state index in [1.807, 2.05) is 49.6 Å². The van der Waals surface area contributed by atoms with Crippen LogP contribution in [0.5, 0.6) is 0 Å². The maximum Gasteiger partial charge on any atom is 0.328 e. The molecule has 0 spiro atoms. The van der Waals surface area contributed by atoms with E-state index in [9.17, 15) is 4.79 Å². The maximum absolute atomic E-state index is 11.7. The number of nitrogens with one attached hydrogen (secondary N) is 1. The first-order valence-corrected chi connectivity index (χ1v) is 7.35. The van der Waals surface area contributed by atoms with Gasteiger partial charge in [0, 0.05) is 10.9 Å². The number of nitrogens with zero attached hydrogens (tertiary/aromatic N) is 1. The van der Waals surface area contributed by atoms with Crippen LogP contribution in [0.2, 0.25) is 0 Å². The minimum absolute atomic E-state index is 0.131. The van der Waals surface area contributed by atoms with Gasteiger partial charge in [-0.3, -0.25) is 0 Å². The lowest BCUT2D eigenvalue weighted by molar-refractivity contribution is -0.142. The number of anilines is 1. The van der Waals surface area contributed by atoms with E-state index < -0.39 is 0 Å². The van der Waals surface area contributed by atoms with Gasteiger partial charge in [0.25, 0.3) is 0 Å². The monoisotopic (exact) mass is 290 g/mol. The molecule has 0 fully saturated rings. The van der Waals surface area contributed by atoms with Crippen molar-refractivity contribution in [3.63, 3.8) is 0 Å². The van der Waals surface area contributed by atoms with Gasteiger partial charge in [-0.15, -0.1) is 11.3 Å². The molecule has 1 aromatic heterocycles. The Labute approximate surface area is 122 Å². The Kier molecular flexibility index (Phi) is 4.74. The largest absolute Gasteiger partial charge is 0.467 e. The number of ether oxygens (including phenoxy) is 1. The van der Waals surface area contributed by atoms with Gasteiger partial charge in [0.1, 0.15) is 6.04 Å². The Morgan fingerprint density at radius 1 is 1.30 bits per heavy atom. The van der Waals surface area contributed by atoms with Gasteiger partial charge in [0.2, 0.25) is 0 Å². The zero-order chi connectivity index (χ0) is 14.5. The molecule has 20 heavy (non-hydrogen) atoms. The van der Waals surface area contributed by atoms with Crippen LogP contribution in [0.25, 0.3) is 11.3 Å². The summed E-state index contributed by atoms with van der Waals surface area (Å²) in [5.41, 5.74) is 1.97. The Bertz CT molecular complexity index is 566. The third kappa shape index (κ3) is 3.36. The van der Waals surface area contributed by atoms with Crippen LogP contribution in [0.4, 0.5) is 5.13 Å². The summed E-state index contributed by atoms with van der Waals surface area (Å²) in [5, 5.41) is 5.86. The van der Waals surface area contributed by atoms with Gasteiger partial charge < -0.3 is 10.1 Å². The minimum atomic E-state index is -0.380. The molecule has 4 nitrogen and oxygen atoms in total. The molecule has 0 aliphatic carbocycles. The molecule has 0 bridgehead atoms. The standard InChI is InChI=1S/C15H18N2O2S/c1-10(2)13(14(18)19-3)17-15-16-12(9-20-15)11-7-5-4-6-8-11/h4-10,13H,1-3H3,(H,16,17). The van der Waals surface area contributed by atoms with Crippen molar-refractivity contribution >= 4 is 22.4 Å². The van der Waals surface area contributed by atoms with Crippen LogP contribution in [0.3, 0.4) is 0 Å². The summed E-state index contributed by atoms with van der Waals surface area (Å²) in [6.07, 6.45) is 0. The highest BCUT2D eigenvalue weighted by atomic mass is 32.1. The summed E-state index contributed by atoms with van der Waals surface area (Å²) in [6.45, 7) is 3.95. The van der Waals surface area contributed by atoms with Gasteiger partial charge in [-0.05, 0) is 5.92 Å².